The van der Waals surface area contributed by atoms with Crippen molar-refractivity contribution >= 4 is 17.5 Å². The van der Waals surface area contributed by atoms with Crippen LogP contribution in [-0.4, -0.2) is 62.5 Å². The molecule has 0 spiro atoms. The fraction of sp³-hybridized carbons (Fsp3) is 0.227. The van der Waals surface area contributed by atoms with Gasteiger partial charge in [-0.2, -0.15) is 5.10 Å². The molecule has 1 saturated heterocycles. The van der Waals surface area contributed by atoms with Gasteiger partial charge >= 0.3 is 0 Å². The van der Waals surface area contributed by atoms with E-state index in [-0.39, 0.29) is 23.2 Å². The summed E-state index contributed by atoms with van der Waals surface area (Å²) in [6.07, 6.45) is 0. The Morgan fingerprint density at radius 2 is 1.66 bits per heavy atom. The number of halogens is 1. The lowest BCUT2D eigenvalue weighted by molar-refractivity contribution is -0.384. The summed E-state index contributed by atoms with van der Waals surface area (Å²) in [6.45, 7) is 3.08. The number of non-ortho nitro benzene ring substituents is 1. The van der Waals surface area contributed by atoms with Crippen molar-refractivity contribution in [3.8, 4) is 16.9 Å². The summed E-state index contributed by atoms with van der Waals surface area (Å²) in [4.78, 5) is 38.9. The zero-order chi connectivity index (χ0) is 22.8. The number of hydrogen-bond donors (Lipinski definition) is 0. The molecule has 0 aliphatic carbocycles. The summed E-state index contributed by atoms with van der Waals surface area (Å²) in [5.41, 5.74) is 1.49. The molecule has 3 aromatic rings. The van der Waals surface area contributed by atoms with Gasteiger partial charge in [0.2, 0.25) is 5.91 Å². The first-order valence-electron chi connectivity index (χ1n) is 9.99. The van der Waals surface area contributed by atoms with Crippen molar-refractivity contribution in [2.75, 3.05) is 26.2 Å². The van der Waals surface area contributed by atoms with E-state index < -0.39 is 10.7 Å². The van der Waals surface area contributed by atoms with E-state index in [1.807, 2.05) is 0 Å². The first-order chi connectivity index (χ1) is 15.3. The second-order valence-electron chi connectivity index (χ2n) is 7.41. The van der Waals surface area contributed by atoms with Gasteiger partial charge in [0.1, 0.15) is 11.5 Å². The van der Waals surface area contributed by atoms with E-state index in [0.29, 0.717) is 43.1 Å². The van der Waals surface area contributed by atoms with Crippen LogP contribution in [0.3, 0.4) is 0 Å². The lowest BCUT2D eigenvalue weighted by atomic mass is 10.1. The van der Waals surface area contributed by atoms with E-state index in [0.717, 1.165) is 0 Å². The fourth-order valence-electron chi connectivity index (χ4n) is 3.62. The Morgan fingerprint density at radius 3 is 2.28 bits per heavy atom. The van der Waals surface area contributed by atoms with E-state index >= 15 is 0 Å². The highest BCUT2D eigenvalue weighted by Crippen LogP contribution is 2.25. The van der Waals surface area contributed by atoms with Crippen LogP contribution in [0.25, 0.3) is 16.9 Å². The Balaban J connectivity index is 1.74. The highest BCUT2D eigenvalue weighted by molar-refractivity contribution is 5.94. The largest absolute Gasteiger partial charge is 0.339 e. The molecular formula is C22H20FN5O4. The van der Waals surface area contributed by atoms with Crippen molar-refractivity contribution < 1.29 is 18.9 Å². The smallest absolute Gasteiger partial charge is 0.272 e. The Hall–Kier alpha value is -4.08. The average molecular weight is 437 g/mol. The predicted octanol–water partition coefficient (Wildman–Crippen LogP) is 2.89. The van der Waals surface area contributed by atoms with E-state index in [1.54, 1.807) is 34.1 Å². The molecule has 0 bridgehead atoms. The van der Waals surface area contributed by atoms with E-state index in [9.17, 15) is 24.1 Å². The molecule has 0 unspecified atom stereocenters. The molecule has 2 amide bonds. The number of hydrogen-bond acceptors (Lipinski definition) is 5. The minimum absolute atomic E-state index is 0.0441. The van der Waals surface area contributed by atoms with Crippen molar-refractivity contribution in [3.63, 3.8) is 0 Å². The first-order valence-corrected chi connectivity index (χ1v) is 9.99. The molecule has 10 heteroatoms. The molecule has 2 heterocycles. The van der Waals surface area contributed by atoms with Crippen molar-refractivity contribution in [2.24, 2.45) is 0 Å². The molecule has 1 fully saturated rings. The zero-order valence-electron chi connectivity index (χ0n) is 17.3. The van der Waals surface area contributed by atoms with Gasteiger partial charge < -0.3 is 9.80 Å². The first kappa shape index (κ1) is 21.2. The quantitative estimate of drug-likeness (QED) is 0.461. The fourth-order valence-corrected chi connectivity index (χ4v) is 3.62. The van der Waals surface area contributed by atoms with Crippen LogP contribution in [0.2, 0.25) is 0 Å². The van der Waals surface area contributed by atoms with Gasteiger partial charge in [-0.25, -0.2) is 9.07 Å². The Bertz CT molecular complexity index is 1180. The minimum atomic E-state index is -0.518. The molecule has 9 nitrogen and oxygen atoms in total. The average Bonchev–Trinajstić information content (AvgIpc) is 3.24. The highest BCUT2D eigenvalue weighted by Gasteiger charge is 2.27. The van der Waals surface area contributed by atoms with Gasteiger partial charge in [0.05, 0.1) is 16.3 Å². The monoisotopic (exact) mass is 437 g/mol. The van der Waals surface area contributed by atoms with Gasteiger partial charge in [-0.15, -0.1) is 0 Å². The van der Waals surface area contributed by atoms with Gasteiger partial charge in [0, 0.05) is 50.8 Å². The highest BCUT2D eigenvalue weighted by atomic mass is 19.1. The maximum absolute atomic E-state index is 13.4. The normalized spacial score (nSPS) is 13.8. The van der Waals surface area contributed by atoms with Crippen molar-refractivity contribution in [2.45, 2.75) is 6.92 Å². The molecule has 1 aliphatic heterocycles. The molecule has 1 aromatic heterocycles. The Morgan fingerprint density at radius 1 is 1.00 bits per heavy atom. The van der Waals surface area contributed by atoms with Gasteiger partial charge in [0.15, 0.2) is 0 Å². The van der Waals surface area contributed by atoms with Crippen LogP contribution in [0.15, 0.2) is 54.6 Å². The summed E-state index contributed by atoms with van der Waals surface area (Å²) in [5, 5.41) is 15.7. The number of nitro groups is 1. The number of nitro benzene ring substituents is 1. The number of benzene rings is 2. The summed E-state index contributed by atoms with van der Waals surface area (Å²) < 4.78 is 14.7. The molecule has 4 rings (SSSR count). The predicted molar refractivity (Wildman–Crippen MR) is 114 cm³/mol. The van der Waals surface area contributed by atoms with E-state index in [4.69, 9.17) is 0 Å². The van der Waals surface area contributed by atoms with Crippen LogP contribution in [0.5, 0.6) is 0 Å². The lowest BCUT2D eigenvalue weighted by Gasteiger charge is -2.34. The van der Waals surface area contributed by atoms with Crippen LogP contribution in [0.4, 0.5) is 10.1 Å². The van der Waals surface area contributed by atoms with E-state index in [1.165, 1.54) is 41.9 Å². The number of amides is 2. The molecule has 0 radical (unpaired) electrons. The van der Waals surface area contributed by atoms with Crippen molar-refractivity contribution in [3.05, 3.63) is 76.2 Å². The zero-order valence-corrected chi connectivity index (χ0v) is 17.3. The van der Waals surface area contributed by atoms with Gasteiger partial charge in [-0.05, 0) is 36.4 Å². The number of rotatable bonds is 4. The van der Waals surface area contributed by atoms with Crippen LogP contribution < -0.4 is 0 Å². The Labute approximate surface area is 182 Å². The van der Waals surface area contributed by atoms with Gasteiger partial charge in [0.25, 0.3) is 11.6 Å². The number of piperazine rings is 1. The summed E-state index contributed by atoms with van der Waals surface area (Å²) >= 11 is 0. The van der Waals surface area contributed by atoms with Gasteiger partial charge in [-0.3, -0.25) is 19.7 Å². The molecule has 1 aliphatic rings. The maximum atomic E-state index is 13.4. The molecule has 164 valence electrons. The summed E-state index contributed by atoms with van der Waals surface area (Å²) in [7, 11) is 0. The second kappa shape index (κ2) is 8.58. The topological polar surface area (TPSA) is 102 Å². The second-order valence-corrected chi connectivity index (χ2v) is 7.41. The summed E-state index contributed by atoms with van der Waals surface area (Å²) in [5.74, 6) is -0.746. The molecular weight excluding hydrogens is 417 g/mol. The standard InChI is InChI=1S/C22H20FN5O4/c1-15(29)25-9-11-26(12-10-25)22(30)21-14-20(16-5-7-17(23)8-6-16)24-27(21)18-3-2-4-19(13-18)28(31)32/h2-8,13-14H,9-12H2,1H3. The van der Waals surface area contributed by atoms with Crippen LogP contribution in [0.1, 0.15) is 17.4 Å². The van der Waals surface area contributed by atoms with Crippen molar-refractivity contribution in [1.29, 1.82) is 0 Å². The SMILES string of the molecule is CC(=O)N1CCN(C(=O)c2cc(-c3ccc(F)cc3)nn2-c2cccc([N+](=O)[O-])c2)CC1. The Kier molecular flexibility index (Phi) is 5.67. The lowest BCUT2D eigenvalue weighted by Crippen LogP contribution is -2.50. The third-order valence-corrected chi connectivity index (χ3v) is 5.37. The van der Waals surface area contributed by atoms with E-state index in [2.05, 4.69) is 5.10 Å². The molecule has 2 aromatic carbocycles. The molecule has 0 atom stereocenters. The van der Waals surface area contributed by atoms with Crippen LogP contribution in [0, 0.1) is 15.9 Å². The number of carbonyl (C=O) groups is 2. The molecule has 0 N–H and O–H groups in total. The number of carbonyl (C=O) groups excluding carboxylic acids is 2. The number of nitrogens with zero attached hydrogens (tertiary/aromatic N) is 5. The van der Waals surface area contributed by atoms with Crippen molar-refractivity contribution in [1.82, 2.24) is 19.6 Å². The van der Waals surface area contributed by atoms with Crippen LogP contribution >= 0.6 is 0 Å². The molecule has 32 heavy (non-hydrogen) atoms. The third kappa shape index (κ3) is 4.20. The van der Waals surface area contributed by atoms with Crippen LogP contribution in [-0.2, 0) is 4.79 Å². The van der Waals surface area contributed by atoms with Gasteiger partial charge in [-0.1, -0.05) is 6.07 Å². The minimum Gasteiger partial charge on any atom is -0.339 e. The molecule has 0 saturated carbocycles. The summed E-state index contributed by atoms with van der Waals surface area (Å²) in [6, 6.07) is 13.1. The maximum Gasteiger partial charge on any atom is 0.272 e. The third-order valence-electron chi connectivity index (χ3n) is 5.37. The number of aromatic nitrogens is 2.